The molecule has 0 saturated carbocycles. The minimum Gasteiger partial charge on any atom is -0.475 e. The fraction of sp³-hybridized carbons (Fsp3) is 0.188. The fourth-order valence-electron chi connectivity index (χ4n) is 2.23. The van der Waals surface area contributed by atoms with E-state index in [1.165, 1.54) is 24.3 Å². The Bertz CT molecular complexity index is 814. The zero-order chi connectivity index (χ0) is 17.1. The van der Waals surface area contributed by atoms with E-state index in [1.807, 2.05) is 0 Å². The van der Waals surface area contributed by atoms with Gasteiger partial charge < -0.3 is 19.7 Å². The summed E-state index contributed by atoms with van der Waals surface area (Å²) in [6.45, 7) is 0.0290. The van der Waals surface area contributed by atoms with Crippen molar-refractivity contribution in [1.82, 2.24) is 5.32 Å². The average Bonchev–Trinajstić information content (AvgIpc) is 3.22. The lowest BCUT2D eigenvalue weighted by Crippen LogP contribution is -2.34. The van der Waals surface area contributed by atoms with Gasteiger partial charge in [0.2, 0.25) is 11.9 Å². The van der Waals surface area contributed by atoms with Crippen LogP contribution in [0, 0.1) is 5.82 Å². The maximum absolute atomic E-state index is 13.2. The Morgan fingerprint density at radius 3 is 2.88 bits per heavy atom. The van der Waals surface area contributed by atoms with Crippen molar-refractivity contribution in [3.05, 3.63) is 59.3 Å². The minimum atomic E-state index is -1.18. The van der Waals surface area contributed by atoms with Gasteiger partial charge in [0.05, 0.1) is 12.3 Å². The Morgan fingerprint density at radius 2 is 2.17 bits per heavy atom. The molecule has 0 spiro atoms. The number of carboxylic acids is 1. The second-order valence-electron chi connectivity index (χ2n) is 5.14. The van der Waals surface area contributed by atoms with Gasteiger partial charge in [0, 0.05) is 12.0 Å². The molecule has 1 atom stereocenters. The van der Waals surface area contributed by atoms with Crippen LogP contribution in [-0.2, 0) is 16.2 Å². The molecule has 1 aliphatic rings. The number of rotatable bonds is 5. The third-order valence-electron chi connectivity index (χ3n) is 3.43. The van der Waals surface area contributed by atoms with E-state index >= 15 is 0 Å². The molecular weight excluding hydrogens is 319 g/mol. The van der Waals surface area contributed by atoms with Crippen molar-refractivity contribution in [1.29, 1.82) is 0 Å². The maximum Gasteiger partial charge on any atom is 0.371 e. The van der Waals surface area contributed by atoms with Gasteiger partial charge >= 0.3 is 5.97 Å². The van der Waals surface area contributed by atoms with Crippen LogP contribution < -0.4 is 5.32 Å². The number of nitrogens with zero attached hydrogens (tertiary/aromatic N) is 1. The number of halogens is 1. The van der Waals surface area contributed by atoms with E-state index in [0.717, 1.165) is 0 Å². The summed E-state index contributed by atoms with van der Waals surface area (Å²) in [5, 5.41) is 15.2. The number of benzene rings is 1. The molecule has 8 heteroatoms. The number of carbonyl (C=O) groups is 2. The van der Waals surface area contributed by atoms with Gasteiger partial charge in [-0.25, -0.2) is 9.18 Å². The highest BCUT2D eigenvalue weighted by Gasteiger charge is 2.29. The van der Waals surface area contributed by atoms with Crippen molar-refractivity contribution in [3.63, 3.8) is 0 Å². The summed E-state index contributed by atoms with van der Waals surface area (Å²) < 4.78 is 18.3. The van der Waals surface area contributed by atoms with Crippen molar-refractivity contribution in [3.8, 4) is 0 Å². The summed E-state index contributed by atoms with van der Waals surface area (Å²) in [6, 6.07) is 8.64. The lowest BCUT2D eigenvalue weighted by molar-refractivity contribution is -0.131. The molecule has 0 radical (unpaired) electrons. The van der Waals surface area contributed by atoms with Gasteiger partial charge in [-0.05, 0) is 24.3 Å². The molecule has 1 amide bonds. The summed E-state index contributed by atoms with van der Waals surface area (Å²) in [4.78, 5) is 27.9. The van der Waals surface area contributed by atoms with Gasteiger partial charge in [0.1, 0.15) is 11.6 Å². The Balaban J connectivity index is 1.54. The Kier molecular flexibility index (Phi) is 4.28. The molecule has 0 bridgehead atoms. The van der Waals surface area contributed by atoms with Crippen LogP contribution in [0.5, 0.6) is 0 Å². The van der Waals surface area contributed by atoms with E-state index in [4.69, 9.17) is 14.4 Å². The van der Waals surface area contributed by atoms with Gasteiger partial charge in [-0.1, -0.05) is 17.3 Å². The summed E-state index contributed by atoms with van der Waals surface area (Å²) in [5.41, 5.74) is 1.04. The average molecular weight is 332 g/mol. The molecule has 0 aliphatic carbocycles. The van der Waals surface area contributed by atoms with Gasteiger partial charge in [-0.2, -0.15) is 0 Å². The van der Waals surface area contributed by atoms with E-state index in [0.29, 0.717) is 17.0 Å². The number of oxime groups is 1. The monoisotopic (exact) mass is 332 g/mol. The minimum absolute atomic E-state index is 0.0290. The second-order valence-corrected chi connectivity index (χ2v) is 5.14. The molecule has 0 unspecified atom stereocenters. The smallest absolute Gasteiger partial charge is 0.371 e. The van der Waals surface area contributed by atoms with Gasteiger partial charge in [-0.3, -0.25) is 4.79 Å². The van der Waals surface area contributed by atoms with E-state index in [9.17, 15) is 14.0 Å². The van der Waals surface area contributed by atoms with Gasteiger partial charge in [0.25, 0.3) is 5.91 Å². The number of aromatic carboxylic acids is 1. The number of hydrogen-bond acceptors (Lipinski definition) is 5. The SMILES string of the molecule is O=C(O)c1ccc(CNC(=O)[C@@H]2CC(c3cccc(F)c3)=NO2)o1. The highest BCUT2D eigenvalue weighted by atomic mass is 19.1. The highest BCUT2D eigenvalue weighted by molar-refractivity contribution is 6.04. The normalized spacial score (nSPS) is 16.4. The fourth-order valence-corrected chi connectivity index (χ4v) is 2.23. The van der Waals surface area contributed by atoms with Crippen molar-refractivity contribution in [2.24, 2.45) is 5.16 Å². The lowest BCUT2D eigenvalue weighted by Gasteiger charge is -2.08. The summed E-state index contributed by atoms with van der Waals surface area (Å²) >= 11 is 0. The van der Waals surface area contributed by atoms with Crippen LogP contribution >= 0.6 is 0 Å². The Hall–Kier alpha value is -3.16. The first-order chi connectivity index (χ1) is 11.5. The highest BCUT2D eigenvalue weighted by Crippen LogP contribution is 2.18. The van der Waals surface area contributed by atoms with Crippen LogP contribution in [-0.4, -0.2) is 28.8 Å². The molecule has 0 saturated heterocycles. The first-order valence-electron chi connectivity index (χ1n) is 7.11. The quantitative estimate of drug-likeness (QED) is 0.871. The standard InChI is InChI=1S/C16H13FN2O5/c17-10-3-1-2-9(6-10)12-7-14(24-19-12)15(20)18-8-11-4-5-13(23-11)16(21)22/h1-6,14H,7-8H2,(H,18,20)(H,21,22)/t14-/m0/s1. The molecule has 124 valence electrons. The van der Waals surface area contributed by atoms with Crippen LogP contribution in [0.4, 0.5) is 4.39 Å². The summed E-state index contributed by atoms with van der Waals surface area (Å²) in [7, 11) is 0. The molecular formula is C16H13FN2O5. The maximum atomic E-state index is 13.2. The summed E-state index contributed by atoms with van der Waals surface area (Å²) in [5.74, 6) is -1.88. The number of amides is 1. The second kappa shape index (κ2) is 6.53. The zero-order valence-corrected chi connectivity index (χ0v) is 12.4. The number of carboxylic acid groups (broad SMARTS) is 1. The molecule has 24 heavy (non-hydrogen) atoms. The zero-order valence-electron chi connectivity index (χ0n) is 12.4. The predicted molar refractivity (Wildman–Crippen MR) is 79.9 cm³/mol. The molecule has 1 aliphatic heterocycles. The molecule has 7 nitrogen and oxygen atoms in total. The predicted octanol–water partition coefficient (Wildman–Crippen LogP) is 1.93. The van der Waals surface area contributed by atoms with Crippen LogP contribution in [0.3, 0.4) is 0 Å². The topological polar surface area (TPSA) is 101 Å². The molecule has 1 aromatic heterocycles. The van der Waals surface area contributed by atoms with Crippen molar-refractivity contribution < 1.29 is 28.3 Å². The van der Waals surface area contributed by atoms with E-state index in [-0.39, 0.29) is 18.7 Å². The largest absolute Gasteiger partial charge is 0.475 e. The third-order valence-corrected chi connectivity index (χ3v) is 3.43. The van der Waals surface area contributed by atoms with Crippen LogP contribution in [0.1, 0.15) is 28.3 Å². The van der Waals surface area contributed by atoms with E-state index < -0.39 is 23.8 Å². The van der Waals surface area contributed by atoms with E-state index in [2.05, 4.69) is 10.5 Å². The molecule has 3 rings (SSSR count). The van der Waals surface area contributed by atoms with E-state index in [1.54, 1.807) is 12.1 Å². The first kappa shape index (κ1) is 15.7. The summed E-state index contributed by atoms with van der Waals surface area (Å²) in [6.07, 6.45) is -0.606. The van der Waals surface area contributed by atoms with Crippen molar-refractivity contribution >= 4 is 17.6 Å². The number of hydrogen-bond donors (Lipinski definition) is 2. The van der Waals surface area contributed by atoms with Gasteiger partial charge in [0.15, 0.2) is 0 Å². The molecule has 2 aromatic rings. The first-order valence-corrected chi connectivity index (χ1v) is 7.11. The van der Waals surface area contributed by atoms with Crippen LogP contribution in [0.2, 0.25) is 0 Å². The van der Waals surface area contributed by atoms with Crippen molar-refractivity contribution in [2.75, 3.05) is 0 Å². The molecule has 2 N–H and O–H groups in total. The number of furan rings is 1. The van der Waals surface area contributed by atoms with Crippen LogP contribution in [0.15, 0.2) is 46.0 Å². The molecule has 2 heterocycles. The molecule has 1 aromatic carbocycles. The van der Waals surface area contributed by atoms with Gasteiger partial charge in [-0.15, -0.1) is 0 Å². The molecule has 0 fully saturated rings. The Morgan fingerprint density at radius 1 is 1.33 bits per heavy atom. The number of carbonyl (C=O) groups excluding carboxylic acids is 1. The Labute approximate surface area is 135 Å². The third kappa shape index (κ3) is 3.43. The lowest BCUT2D eigenvalue weighted by atomic mass is 10.0. The van der Waals surface area contributed by atoms with Crippen molar-refractivity contribution in [2.45, 2.75) is 19.1 Å². The van der Waals surface area contributed by atoms with Crippen LogP contribution in [0.25, 0.3) is 0 Å². The number of nitrogens with one attached hydrogen (secondary N) is 1.